The number of nitrogens with zero attached hydrogens (tertiary/aromatic N) is 1. The van der Waals surface area contributed by atoms with Gasteiger partial charge in [0, 0.05) is 31.6 Å². The molecule has 1 aliphatic rings. The molecule has 0 aromatic heterocycles. The molecule has 154 valence electrons. The van der Waals surface area contributed by atoms with Crippen molar-refractivity contribution < 1.29 is 9.53 Å². The van der Waals surface area contributed by atoms with Gasteiger partial charge in [-0.2, -0.15) is 0 Å². The smallest absolute Gasteiger partial charge is 0.319 e. The molecule has 2 amide bonds. The van der Waals surface area contributed by atoms with Crippen LogP contribution < -0.4 is 15.5 Å². The fourth-order valence-electron chi connectivity index (χ4n) is 3.86. The van der Waals surface area contributed by atoms with Crippen LogP contribution in [0.25, 0.3) is 0 Å². The average Bonchev–Trinajstić information content (AvgIpc) is 3.28. The van der Waals surface area contributed by atoms with E-state index in [0.29, 0.717) is 6.10 Å². The Kier molecular flexibility index (Phi) is 6.30. The predicted octanol–water partition coefficient (Wildman–Crippen LogP) is 4.82. The van der Waals surface area contributed by atoms with Crippen LogP contribution >= 0.6 is 0 Å². The number of carbonyl (C=O) groups is 1. The molecule has 4 rings (SSSR count). The molecule has 1 heterocycles. The Morgan fingerprint density at radius 1 is 0.933 bits per heavy atom. The first kappa shape index (κ1) is 20.0. The van der Waals surface area contributed by atoms with E-state index in [1.807, 2.05) is 84.9 Å². The van der Waals surface area contributed by atoms with Gasteiger partial charge in [-0.3, -0.25) is 0 Å². The number of anilines is 2. The highest BCUT2D eigenvalue weighted by atomic mass is 16.5. The lowest BCUT2D eigenvalue weighted by atomic mass is 9.99. The summed E-state index contributed by atoms with van der Waals surface area (Å²) in [4.78, 5) is 15.0. The third-order valence-corrected chi connectivity index (χ3v) is 5.51. The maximum atomic E-state index is 12.7. The van der Waals surface area contributed by atoms with E-state index in [-0.39, 0.29) is 12.1 Å². The summed E-state index contributed by atoms with van der Waals surface area (Å²) in [7, 11) is 1.76. The molecule has 0 aliphatic carbocycles. The average molecular weight is 402 g/mol. The van der Waals surface area contributed by atoms with Crippen molar-refractivity contribution in [2.24, 2.45) is 0 Å². The molecule has 0 saturated carbocycles. The number of methoxy groups -OCH3 is 1. The number of urea groups is 1. The molecule has 1 aliphatic heterocycles. The Labute approximate surface area is 177 Å². The number of ether oxygens (including phenoxy) is 1. The van der Waals surface area contributed by atoms with Gasteiger partial charge in [-0.25, -0.2) is 4.79 Å². The van der Waals surface area contributed by atoms with Crippen molar-refractivity contribution in [3.8, 4) is 0 Å². The molecule has 1 atom stereocenters. The number of carbonyl (C=O) groups excluding carboxylic acids is 1. The van der Waals surface area contributed by atoms with E-state index in [4.69, 9.17) is 4.74 Å². The van der Waals surface area contributed by atoms with E-state index < -0.39 is 0 Å². The first-order chi connectivity index (χ1) is 14.7. The van der Waals surface area contributed by atoms with Crippen LogP contribution in [0, 0.1) is 0 Å². The van der Waals surface area contributed by atoms with Crippen molar-refractivity contribution >= 4 is 17.4 Å². The SMILES string of the molecule is CO[C@@H]1CCN(c2ccc(NC(=O)NC(c3ccccc3)c3ccccc3)cc2)C1. The van der Waals surface area contributed by atoms with Gasteiger partial charge in [0.15, 0.2) is 0 Å². The summed E-state index contributed by atoms with van der Waals surface area (Å²) in [6.45, 7) is 1.89. The lowest BCUT2D eigenvalue weighted by Gasteiger charge is -2.21. The zero-order chi connectivity index (χ0) is 20.8. The second-order valence-electron chi connectivity index (χ2n) is 7.49. The lowest BCUT2D eigenvalue weighted by molar-refractivity contribution is 0.121. The summed E-state index contributed by atoms with van der Waals surface area (Å²) in [5, 5.41) is 6.06. The molecule has 3 aromatic carbocycles. The Morgan fingerprint density at radius 3 is 2.07 bits per heavy atom. The van der Waals surface area contributed by atoms with Crippen LogP contribution in [0.3, 0.4) is 0 Å². The van der Waals surface area contributed by atoms with Crippen LogP contribution in [0.4, 0.5) is 16.2 Å². The van der Waals surface area contributed by atoms with Gasteiger partial charge in [0.2, 0.25) is 0 Å². The van der Waals surface area contributed by atoms with Crippen molar-refractivity contribution in [2.45, 2.75) is 18.6 Å². The van der Waals surface area contributed by atoms with Crippen molar-refractivity contribution in [3.05, 3.63) is 96.1 Å². The fourth-order valence-corrected chi connectivity index (χ4v) is 3.86. The summed E-state index contributed by atoms with van der Waals surface area (Å²) in [5.41, 5.74) is 3.98. The molecule has 0 bridgehead atoms. The molecule has 5 nitrogen and oxygen atoms in total. The standard InChI is InChI=1S/C25H27N3O2/c1-30-23-16-17-28(18-23)22-14-12-21(13-15-22)26-25(29)27-24(19-8-4-2-5-9-19)20-10-6-3-7-11-20/h2-15,23-24H,16-18H2,1H3,(H2,26,27,29)/t23-/m1/s1. The van der Waals surface area contributed by atoms with Gasteiger partial charge in [0.25, 0.3) is 0 Å². The minimum absolute atomic E-state index is 0.220. The summed E-state index contributed by atoms with van der Waals surface area (Å²) in [6.07, 6.45) is 1.33. The largest absolute Gasteiger partial charge is 0.380 e. The van der Waals surface area contributed by atoms with Crippen molar-refractivity contribution in [3.63, 3.8) is 0 Å². The Hall–Kier alpha value is -3.31. The molecular weight excluding hydrogens is 374 g/mol. The van der Waals surface area contributed by atoms with Gasteiger partial charge in [-0.15, -0.1) is 0 Å². The zero-order valence-electron chi connectivity index (χ0n) is 17.1. The van der Waals surface area contributed by atoms with Crippen LogP contribution in [0.1, 0.15) is 23.6 Å². The van der Waals surface area contributed by atoms with Gasteiger partial charge < -0.3 is 20.3 Å². The number of rotatable bonds is 6. The minimum atomic E-state index is -0.235. The van der Waals surface area contributed by atoms with E-state index in [0.717, 1.165) is 42.0 Å². The van der Waals surface area contributed by atoms with E-state index in [1.54, 1.807) is 7.11 Å². The Morgan fingerprint density at radius 2 is 1.53 bits per heavy atom. The molecule has 3 aromatic rings. The fraction of sp³-hybridized carbons (Fsp3) is 0.240. The van der Waals surface area contributed by atoms with Crippen LogP contribution in [0.15, 0.2) is 84.9 Å². The second-order valence-corrected chi connectivity index (χ2v) is 7.49. The van der Waals surface area contributed by atoms with Crippen molar-refractivity contribution in [1.29, 1.82) is 0 Å². The summed E-state index contributed by atoms with van der Waals surface area (Å²) in [6, 6.07) is 27.5. The Balaban J connectivity index is 1.42. The monoisotopic (exact) mass is 401 g/mol. The quantitative estimate of drug-likeness (QED) is 0.622. The van der Waals surface area contributed by atoms with E-state index >= 15 is 0 Å². The minimum Gasteiger partial charge on any atom is -0.380 e. The van der Waals surface area contributed by atoms with Crippen molar-refractivity contribution in [2.75, 3.05) is 30.4 Å². The molecule has 0 radical (unpaired) electrons. The normalized spacial score (nSPS) is 15.9. The molecule has 1 saturated heterocycles. The molecule has 2 N–H and O–H groups in total. The molecular formula is C25H27N3O2. The molecule has 0 spiro atoms. The van der Waals surface area contributed by atoms with Crippen LogP contribution in [0.2, 0.25) is 0 Å². The first-order valence-corrected chi connectivity index (χ1v) is 10.3. The Bertz CT molecular complexity index is 906. The van der Waals surface area contributed by atoms with E-state index in [9.17, 15) is 4.79 Å². The molecule has 0 unspecified atom stereocenters. The van der Waals surface area contributed by atoms with Crippen LogP contribution in [-0.4, -0.2) is 32.3 Å². The summed E-state index contributed by atoms with van der Waals surface area (Å²) in [5.74, 6) is 0. The third-order valence-electron chi connectivity index (χ3n) is 5.51. The third kappa shape index (κ3) is 4.81. The maximum Gasteiger partial charge on any atom is 0.319 e. The number of hydrogen-bond acceptors (Lipinski definition) is 3. The zero-order valence-corrected chi connectivity index (χ0v) is 17.1. The van der Waals surface area contributed by atoms with Crippen LogP contribution in [-0.2, 0) is 4.74 Å². The van der Waals surface area contributed by atoms with Gasteiger partial charge in [-0.1, -0.05) is 60.7 Å². The highest BCUT2D eigenvalue weighted by Crippen LogP contribution is 2.24. The lowest BCUT2D eigenvalue weighted by Crippen LogP contribution is -2.33. The van der Waals surface area contributed by atoms with Gasteiger partial charge in [-0.05, 0) is 41.8 Å². The number of nitrogens with one attached hydrogen (secondary N) is 2. The van der Waals surface area contributed by atoms with Crippen molar-refractivity contribution in [1.82, 2.24) is 5.32 Å². The topological polar surface area (TPSA) is 53.6 Å². The molecule has 5 heteroatoms. The summed E-state index contributed by atoms with van der Waals surface area (Å²) >= 11 is 0. The van der Waals surface area contributed by atoms with Gasteiger partial charge in [0.1, 0.15) is 0 Å². The summed E-state index contributed by atoms with van der Waals surface area (Å²) < 4.78 is 5.44. The molecule has 1 fully saturated rings. The van der Waals surface area contributed by atoms with E-state index in [1.165, 1.54) is 0 Å². The maximum absolute atomic E-state index is 12.7. The highest BCUT2D eigenvalue weighted by Gasteiger charge is 2.22. The first-order valence-electron chi connectivity index (χ1n) is 10.3. The predicted molar refractivity (Wildman–Crippen MR) is 121 cm³/mol. The van der Waals surface area contributed by atoms with Crippen LogP contribution in [0.5, 0.6) is 0 Å². The van der Waals surface area contributed by atoms with Gasteiger partial charge >= 0.3 is 6.03 Å². The number of hydrogen-bond donors (Lipinski definition) is 2. The highest BCUT2D eigenvalue weighted by molar-refractivity contribution is 5.90. The number of amides is 2. The molecule has 30 heavy (non-hydrogen) atoms. The van der Waals surface area contributed by atoms with Gasteiger partial charge in [0.05, 0.1) is 12.1 Å². The van der Waals surface area contributed by atoms with E-state index in [2.05, 4.69) is 15.5 Å². The number of benzene rings is 3. The second kappa shape index (κ2) is 9.46.